The molecule has 0 bridgehead atoms. The minimum atomic E-state index is -0.0982. The van der Waals surface area contributed by atoms with Crippen molar-refractivity contribution in [2.24, 2.45) is 0 Å². The van der Waals surface area contributed by atoms with Crippen molar-refractivity contribution in [2.45, 2.75) is 20.4 Å². The number of aryl methyl sites for hydroxylation is 2. The standard InChI is InChI=1S/C24H21N3O3S/c1-14-15(2)31-23-21(14)24(28)27(13-17-7-5-6-16(10-17)12-25)22(26-23)18-8-9-19(29-3)20(11-18)30-4/h5-11H,13H2,1-4H3. The van der Waals surface area contributed by atoms with Gasteiger partial charge in [-0.05, 0) is 55.3 Å². The lowest BCUT2D eigenvalue weighted by atomic mass is 10.1. The van der Waals surface area contributed by atoms with Crippen LogP contribution in [-0.4, -0.2) is 23.8 Å². The van der Waals surface area contributed by atoms with Crippen LogP contribution in [0, 0.1) is 25.2 Å². The summed E-state index contributed by atoms with van der Waals surface area (Å²) in [6.45, 7) is 4.25. The second kappa shape index (κ2) is 8.25. The second-order valence-corrected chi connectivity index (χ2v) is 8.38. The number of thiophene rings is 1. The largest absolute Gasteiger partial charge is 0.493 e. The van der Waals surface area contributed by atoms with Crippen molar-refractivity contribution in [3.8, 4) is 29.0 Å². The van der Waals surface area contributed by atoms with Gasteiger partial charge in [-0.25, -0.2) is 4.98 Å². The molecular formula is C24H21N3O3S. The third-order valence-electron chi connectivity index (χ3n) is 5.33. The molecule has 4 rings (SSSR count). The Bertz CT molecular complexity index is 1400. The summed E-state index contributed by atoms with van der Waals surface area (Å²) in [6.07, 6.45) is 0. The quantitative estimate of drug-likeness (QED) is 0.459. The van der Waals surface area contributed by atoms with E-state index in [4.69, 9.17) is 14.5 Å². The van der Waals surface area contributed by atoms with Crippen molar-refractivity contribution in [2.75, 3.05) is 14.2 Å². The SMILES string of the molecule is COc1ccc(-c2nc3sc(C)c(C)c3c(=O)n2Cc2cccc(C#N)c2)cc1OC. The first-order valence-corrected chi connectivity index (χ1v) is 10.5. The van der Waals surface area contributed by atoms with Crippen LogP contribution >= 0.6 is 11.3 Å². The van der Waals surface area contributed by atoms with Gasteiger partial charge in [-0.2, -0.15) is 5.26 Å². The first-order chi connectivity index (χ1) is 15.0. The summed E-state index contributed by atoms with van der Waals surface area (Å²) >= 11 is 1.52. The Morgan fingerprint density at radius 3 is 2.58 bits per heavy atom. The molecule has 0 amide bonds. The third-order valence-corrected chi connectivity index (χ3v) is 6.43. The molecular weight excluding hydrogens is 410 g/mol. The van der Waals surface area contributed by atoms with Crippen molar-refractivity contribution in [1.29, 1.82) is 5.26 Å². The molecule has 0 aliphatic carbocycles. The molecule has 2 aromatic carbocycles. The van der Waals surface area contributed by atoms with E-state index in [0.29, 0.717) is 39.6 Å². The van der Waals surface area contributed by atoms with Crippen molar-refractivity contribution in [3.63, 3.8) is 0 Å². The van der Waals surface area contributed by atoms with Crippen molar-refractivity contribution in [1.82, 2.24) is 9.55 Å². The molecule has 7 heteroatoms. The smallest absolute Gasteiger partial charge is 0.263 e. The van der Waals surface area contributed by atoms with Crippen LogP contribution in [0.3, 0.4) is 0 Å². The van der Waals surface area contributed by atoms with Gasteiger partial charge in [0, 0.05) is 10.4 Å². The van der Waals surface area contributed by atoms with Gasteiger partial charge in [0.15, 0.2) is 11.5 Å². The van der Waals surface area contributed by atoms with Crippen molar-refractivity contribution in [3.05, 3.63) is 74.4 Å². The first kappa shape index (κ1) is 20.6. The topological polar surface area (TPSA) is 77.1 Å². The highest BCUT2D eigenvalue weighted by Crippen LogP contribution is 2.33. The Labute approximate surface area is 183 Å². The van der Waals surface area contributed by atoms with Crippen LogP contribution in [0.2, 0.25) is 0 Å². The van der Waals surface area contributed by atoms with Gasteiger partial charge in [-0.3, -0.25) is 9.36 Å². The van der Waals surface area contributed by atoms with Crippen LogP contribution < -0.4 is 15.0 Å². The number of nitriles is 1. The Hall–Kier alpha value is -3.63. The number of ether oxygens (including phenoxy) is 2. The fraction of sp³-hybridized carbons (Fsp3) is 0.208. The Morgan fingerprint density at radius 1 is 1.10 bits per heavy atom. The van der Waals surface area contributed by atoms with E-state index in [1.54, 1.807) is 37.0 Å². The number of benzene rings is 2. The van der Waals surface area contributed by atoms with Crippen LogP contribution in [0.15, 0.2) is 47.3 Å². The molecule has 0 N–H and O–H groups in total. The van der Waals surface area contributed by atoms with E-state index in [9.17, 15) is 10.1 Å². The summed E-state index contributed by atoms with van der Waals surface area (Å²) in [5.74, 6) is 1.71. The molecule has 0 spiro atoms. The predicted octanol–water partition coefficient (Wildman–Crippen LogP) is 4.68. The molecule has 0 fully saturated rings. The first-order valence-electron chi connectivity index (χ1n) is 9.68. The van der Waals surface area contributed by atoms with Gasteiger partial charge in [0.2, 0.25) is 0 Å². The predicted molar refractivity (Wildman–Crippen MR) is 122 cm³/mol. The normalized spacial score (nSPS) is 10.8. The van der Waals surface area contributed by atoms with Gasteiger partial charge >= 0.3 is 0 Å². The molecule has 0 saturated heterocycles. The van der Waals surface area contributed by atoms with E-state index in [1.807, 2.05) is 38.1 Å². The summed E-state index contributed by atoms with van der Waals surface area (Å²) in [5.41, 5.74) is 3.01. The van der Waals surface area contributed by atoms with Crippen LogP contribution in [0.25, 0.3) is 21.6 Å². The van der Waals surface area contributed by atoms with Crippen molar-refractivity contribution < 1.29 is 9.47 Å². The summed E-state index contributed by atoms with van der Waals surface area (Å²) in [5, 5.41) is 9.89. The maximum Gasteiger partial charge on any atom is 0.263 e. The second-order valence-electron chi connectivity index (χ2n) is 7.17. The molecule has 4 aromatic rings. The average molecular weight is 432 g/mol. The number of fused-ring (bicyclic) bond motifs is 1. The molecule has 2 heterocycles. The lowest BCUT2D eigenvalue weighted by Gasteiger charge is -2.15. The molecule has 0 aliphatic heterocycles. The molecule has 0 radical (unpaired) electrons. The maximum atomic E-state index is 13.6. The lowest BCUT2D eigenvalue weighted by molar-refractivity contribution is 0.355. The highest BCUT2D eigenvalue weighted by atomic mass is 32.1. The van der Waals surface area contributed by atoms with Crippen LogP contribution in [0.1, 0.15) is 21.6 Å². The fourth-order valence-corrected chi connectivity index (χ4v) is 4.61. The molecule has 0 unspecified atom stereocenters. The molecule has 0 atom stereocenters. The number of rotatable bonds is 5. The number of hydrogen-bond donors (Lipinski definition) is 0. The van der Waals surface area contributed by atoms with Gasteiger partial charge < -0.3 is 9.47 Å². The van der Waals surface area contributed by atoms with E-state index >= 15 is 0 Å². The minimum Gasteiger partial charge on any atom is -0.493 e. The van der Waals surface area contributed by atoms with E-state index in [0.717, 1.165) is 21.6 Å². The zero-order valence-corrected chi connectivity index (χ0v) is 18.5. The maximum absolute atomic E-state index is 13.6. The van der Waals surface area contributed by atoms with Gasteiger partial charge in [0.05, 0.1) is 37.8 Å². The Kier molecular flexibility index (Phi) is 5.49. The molecule has 0 aliphatic rings. The monoisotopic (exact) mass is 431 g/mol. The van der Waals surface area contributed by atoms with Gasteiger partial charge in [-0.15, -0.1) is 11.3 Å². The average Bonchev–Trinajstić information content (AvgIpc) is 3.08. The minimum absolute atomic E-state index is 0.0982. The number of aromatic nitrogens is 2. The molecule has 0 saturated carbocycles. The van der Waals surface area contributed by atoms with E-state index in [2.05, 4.69) is 6.07 Å². The zero-order chi connectivity index (χ0) is 22.1. The van der Waals surface area contributed by atoms with Crippen LogP contribution in [0.5, 0.6) is 11.5 Å². The van der Waals surface area contributed by atoms with Gasteiger partial charge in [-0.1, -0.05) is 12.1 Å². The van der Waals surface area contributed by atoms with E-state index in [1.165, 1.54) is 11.3 Å². The summed E-state index contributed by atoms with van der Waals surface area (Å²) in [7, 11) is 3.15. The Morgan fingerprint density at radius 2 is 1.87 bits per heavy atom. The van der Waals surface area contributed by atoms with Crippen LogP contribution in [-0.2, 0) is 6.54 Å². The van der Waals surface area contributed by atoms with Gasteiger partial charge in [0.1, 0.15) is 10.7 Å². The summed E-state index contributed by atoms with van der Waals surface area (Å²) < 4.78 is 12.5. The van der Waals surface area contributed by atoms with E-state index < -0.39 is 0 Å². The number of nitrogens with zero attached hydrogens (tertiary/aromatic N) is 3. The lowest BCUT2D eigenvalue weighted by Crippen LogP contribution is -2.24. The van der Waals surface area contributed by atoms with E-state index in [-0.39, 0.29) is 5.56 Å². The molecule has 6 nitrogen and oxygen atoms in total. The number of hydrogen-bond acceptors (Lipinski definition) is 6. The van der Waals surface area contributed by atoms with Crippen LogP contribution in [0.4, 0.5) is 0 Å². The highest BCUT2D eigenvalue weighted by molar-refractivity contribution is 7.18. The summed E-state index contributed by atoms with van der Waals surface area (Å²) in [6, 6.07) is 14.9. The fourth-order valence-electron chi connectivity index (χ4n) is 3.59. The molecule has 31 heavy (non-hydrogen) atoms. The zero-order valence-electron chi connectivity index (χ0n) is 17.7. The number of methoxy groups -OCH3 is 2. The third kappa shape index (κ3) is 3.66. The van der Waals surface area contributed by atoms with Gasteiger partial charge in [0.25, 0.3) is 5.56 Å². The molecule has 2 aromatic heterocycles. The summed E-state index contributed by atoms with van der Waals surface area (Å²) in [4.78, 5) is 20.3. The highest BCUT2D eigenvalue weighted by Gasteiger charge is 2.19. The van der Waals surface area contributed by atoms with Crippen molar-refractivity contribution >= 4 is 21.6 Å². The Balaban J connectivity index is 1.98. The molecule has 156 valence electrons.